The van der Waals surface area contributed by atoms with E-state index in [4.69, 9.17) is 0 Å². The van der Waals surface area contributed by atoms with Crippen LogP contribution in [0.5, 0.6) is 0 Å². The Morgan fingerprint density at radius 2 is 2.12 bits per heavy atom. The van der Waals surface area contributed by atoms with Crippen LogP contribution in [0, 0.1) is 17.3 Å². The monoisotopic (exact) mass is 232 g/mol. The summed E-state index contributed by atoms with van der Waals surface area (Å²) in [5.74, 6) is 1.32. The van der Waals surface area contributed by atoms with Crippen molar-refractivity contribution < 1.29 is 0 Å². The van der Waals surface area contributed by atoms with Crippen LogP contribution in [0.1, 0.15) is 54.4 Å². The van der Waals surface area contributed by atoms with E-state index >= 15 is 0 Å². The average molecular weight is 232 g/mol. The Hall–Kier alpha value is -0.780. The maximum atomic E-state index is 2.44. The van der Waals surface area contributed by atoms with Crippen molar-refractivity contribution in [2.24, 2.45) is 17.3 Å². The summed E-state index contributed by atoms with van der Waals surface area (Å²) in [5, 5.41) is 0. The lowest BCUT2D eigenvalue weighted by molar-refractivity contribution is 0.223. The van der Waals surface area contributed by atoms with Crippen LogP contribution in [0.3, 0.4) is 0 Å². The minimum atomic E-state index is 0.390. The molecule has 0 amide bonds. The molecule has 1 aliphatic rings. The molecular formula is C17H28. The molecule has 0 aromatic rings. The minimum Gasteiger partial charge on any atom is -0.0821 e. The van der Waals surface area contributed by atoms with E-state index in [0.717, 1.165) is 12.3 Å². The smallest absolute Gasteiger partial charge is 0.00287 e. The molecule has 0 heteroatoms. The van der Waals surface area contributed by atoms with Gasteiger partial charge in [-0.25, -0.2) is 0 Å². The summed E-state index contributed by atoms with van der Waals surface area (Å²) >= 11 is 0. The van der Waals surface area contributed by atoms with Gasteiger partial charge in [-0.05, 0) is 38.0 Å². The molecule has 0 radical (unpaired) electrons. The van der Waals surface area contributed by atoms with Gasteiger partial charge in [0.2, 0.25) is 0 Å². The molecule has 0 aromatic heterocycles. The molecule has 1 rings (SSSR count). The standard InChI is InChI=1S/C17H28/c1-7-8-13(2)9-10-16-15(4)11-14(3)12-17(16,5)6/h8-11,14,16H,7,12H2,1-6H3/b10-9+,13-8+. The van der Waals surface area contributed by atoms with E-state index < -0.39 is 0 Å². The van der Waals surface area contributed by atoms with Crippen molar-refractivity contribution >= 4 is 0 Å². The molecule has 0 N–H and O–H groups in total. The van der Waals surface area contributed by atoms with Crippen molar-refractivity contribution in [2.45, 2.75) is 54.4 Å². The number of hydrogen-bond acceptors (Lipinski definition) is 0. The molecule has 17 heavy (non-hydrogen) atoms. The molecule has 0 saturated heterocycles. The summed E-state index contributed by atoms with van der Waals surface area (Å²) in [6.45, 7) is 13.8. The van der Waals surface area contributed by atoms with Crippen LogP contribution in [-0.4, -0.2) is 0 Å². The first-order chi connectivity index (χ1) is 7.86. The predicted octanol–water partition coefficient (Wildman–Crippen LogP) is 5.53. The van der Waals surface area contributed by atoms with Gasteiger partial charge in [-0.3, -0.25) is 0 Å². The van der Waals surface area contributed by atoms with E-state index in [-0.39, 0.29) is 0 Å². The maximum absolute atomic E-state index is 2.44. The molecule has 0 spiro atoms. The SMILES string of the molecule is CC/C=C(C)/C=C/C1C(C)=CC(C)CC1(C)C. The fourth-order valence-corrected chi connectivity index (χ4v) is 3.23. The van der Waals surface area contributed by atoms with Gasteiger partial charge in [0.1, 0.15) is 0 Å². The molecule has 0 nitrogen and oxygen atoms in total. The zero-order chi connectivity index (χ0) is 13.1. The van der Waals surface area contributed by atoms with Crippen molar-refractivity contribution in [3.05, 3.63) is 35.5 Å². The zero-order valence-electron chi connectivity index (χ0n) is 12.4. The van der Waals surface area contributed by atoms with Crippen LogP contribution in [0.15, 0.2) is 35.5 Å². The highest BCUT2D eigenvalue weighted by Crippen LogP contribution is 2.43. The fourth-order valence-electron chi connectivity index (χ4n) is 3.23. The molecule has 2 unspecified atom stereocenters. The average Bonchev–Trinajstić information content (AvgIpc) is 2.14. The highest BCUT2D eigenvalue weighted by atomic mass is 14.4. The van der Waals surface area contributed by atoms with Crippen LogP contribution >= 0.6 is 0 Å². The van der Waals surface area contributed by atoms with Gasteiger partial charge in [0, 0.05) is 5.92 Å². The van der Waals surface area contributed by atoms with Gasteiger partial charge < -0.3 is 0 Å². The maximum Gasteiger partial charge on any atom is 0.00287 e. The highest BCUT2D eigenvalue weighted by Gasteiger charge is 2.33. The molecule has 0 bridgehead atoms. The molecule has 0 aromatic carbocycles. The third-order valence-electron chi connectivity index (χ3n) is 3.81. The number of rotatable bonds is 3. The molecule has 0 heterocycles. The number of allylic oxidation sites excluding steroid dienone is 6. The second-order valence-corrected chi connectivity index (χ2v) is 6.27. The third-order valence-corrected chi connectivity index (χ3v) is 3.81. The quantitative estimate of drug-likeness (QED) is 0.443. The van der Waals surface area contributed by atoms with Crippen molar-refractivity contribution in [2.75, 3.05) is 0 Å². The van der Waals surface area contributed by atoms with Gasteiger partial charge in [-0.2, -0.15) is 0 Å². The third kappa shape index (κ3) is 3.87. The Morgan fingerprint density at radius 1 is 1.47 bits per heavy atom. The van der Waals surface area contributed by atoms with Crippen LogP contribution < -0.4 is 0 Å². The van der Waals surface area contributed by atoms with Crippen LogP contribution in [0.2, 0.25) is 0 Å². The normalized spacial score (nSPS) is 29.5. The van der Waals surface area contributed by atoms with Crippen molar-refractivity contribution in [3.8, 4) is 0 Å². The van der Waals surface area contributed by atoms with Gasteiger partial charge in [0.05, 0.1) is 0 Å². The van der Waals surface area contributed by atoms with E-state index in [9.17, 15) is 0 Å². The Balaban J connectivity index is 2.88. The molecule has 96 valence electrons. The topological polar surface area (TPSA) is 0 Å². The fraction of sp³-hybridized carbons (Fsp3) is 0.647. The highest BCUT2D eigenvalue weighted by molar-refractivity contribution is 5.25. The van der Waals surface area contributed by atoms with E-state index in [1.807, 2.05) is 0 Å². The van der Waals surface area contributed by atoms with Crippen molar-refractivity contribution in [1.29, 1.82) is 0 Å². The summed E-state index contributed by atoms with van der Waals surface area (Å²) in [7, 11) is 0. The van der Waals surface area contributed by atoms with Gasteiger partial charge >= 0.3 is 0 Å². The lowest BCUT2D eigenvalue weighted by Crippen LogP contribution is -2.29. The first-order valence-corrected chi connectivity index (χ1v) is 6.90. The van der Waals surface area contributed by atoms with Gasteiger partial charge in [-0.1, -0.05) is 63.1 Å². The molecule has 1 aliphatic carbocycles. The molecule has 0 saturated carbocycles. The lowest BCUT2D eigenvalue weighted by Gasteiger charge is -2.39. The van der Waals surface area contributed by atoms with E-state index in [1.165, 1.54) is 17.6 Å². The van der Waals surface area contributed by atoms with Crippen LogP contribution in [0.25, 0.3) is 0 Å². The summed E-state index contributed by atoms with van der Waals surface area (Å²) in [6.07, 6.45) is 11.8. The van der Waals surface area contributed by atoms with Gasteiger partial charge in [-0.15, -0.1) is 0 Å². The Labute approximate surface area is 108 Å². The van der Waals surface area contributed by atoms with Crippen LogP contribution in [-0.2, 0) is 0 Å². The second-order valence-electron chi connectivity index (χ2n) is 6.27. The minimum absolute atomic E-state index is 0.390. The first-order valence-electron chi connectivity index (χ1n) is 6.90. The first kappa shape index (κ1) is 14.3. The molecule has 0 fully saturated rings. The van der Waals surface area contributed by atoms with E-state index in [2.05, 4.69) is 65.8 Å². The summed E-state index contributed by atoms with van der Waals surface area (Å²) in [5.41, 5.74) is 3.31. The Bertz CT molecular complexity index is 339. The molecular weight excluding hydrogens is 204 g/mol. The Morgan fingerprint density at radius 3 is 2.65 bits per heavy atom. The molecule has 2 atom stereocenters. The van der Waals surface area contributed by atoms with Crippen molar-refractivity contribution in [3.63, 3.8) is 0 Å². The second kappa shape index (κ2) is 5.71. The summed E-state index contributed by atoms with van der Waals surface area (Å²) in [6, 6.07) is 0. The predicted molar refractivity (Wildman–Crippen MR) is 78.0 cm³/mol. The summed E-state index contributed by atoms with van der Waals surface area (Å²) in [4.78, 5) is 0. The van der Waals surface area contributed by atoms with E-state index in [1.54, 1.807) is 0 Å². The largest absolute Gasteiger partial charge is 0.0821 e. The van der Waals surface area contributed by atoms with Crippen LogP contribution in [0.4, 0.5) is 0 Å². The number of hydrogen-bond donors (Lipinski definition) is 0. The lowest BCUT2D eigenvalue weighted by atomic mass is 9.66. The zero-order valence-corrected chi connectivity index (χ0v) is 12.4. The molecule has 0 aliphatic heterocycles. The van der Waals surface area contributed by atoms with Crippen molar-refractivity contribution in [1.82, 2.24) is 0 Å². The van der Waals surface area contributed by atoms with Gasteiger partial charge in [0.15, 0.2) is 0 Å². The van der Waals surface area contributed by atoms with Gasteiger partial charge in [0.25, 0.3) is 0 Å². The Kier molecular flexibility index (Phi) is 4.80. The van der Waals surface area contributed by atoms with E-state index in [0.29, 0.717) is 11.3 Å². The summed E-state index contributed by atoms with van der Waals surface area (Å²) < 4.78 is 0.